The van der Waals surface area contributed by atoms with E-state index in [4.69, 9.17) is 14.2 Å². The molecule has 0 aromatic rings. The van der Waals surface area contributed by atoms with Crippen LogP contribution >= 0.6 is 0 Å². The van der Waals surface area contributed by atoms with Crippen molar-refractivity contribution in [3.05, 3.63) is 0 Å². The highest BCUT2D eigenvalue weighted by Gasteiger charge is 2.28. The van der Waals surface area contributed by atoms with E-state index >= 15 is 0 Å². The van der Waals surface area contributed by atoms with E-state index in [9.17, 15) is 0 Å². The number of methoxy groups -OCH3 is 1. The summed E-state index contributed by atoms with van der Waals surface area (Å²) < 4.78 is 16.0. The quantitative estimate of drug-likeness (QED) is 0.593. The van der Waals surface area contributed by atoms with Crippen molar-refractivity contribution >= 4 is 0 Å². The first-order chi connectivity index (χ1) is 9.81. The van der Waals surface area contributed by atoms with Gasteiger partial charge in [-0.25, -0.2) is 0 Å². The van der Waals surface area contributed by atoms with Crippen molar-refractivity contribution in [1.29, 1.82) is 0 Å². The van der Waals surface area contributed by atoms with Crippen LogP contribution in [0.4, 0.5) is 0 Å². The summed E-state index contributed by atoms with van der Waals surface area (Å²) in [6.07, 6.45) is 6.55. The van der Waals surface area contributed by atoms with Gasteiger partial charge in [-0.1, -0.05) is 13.3 Å². The Kier molecular flexibility index (Phi) is 10.3. The summed E-state index contributed by atoms with van der Waals surface area (Å²) in [7, 11) is 3.78. The molecule has 120 valence electrons. The van der Waals surface area contributed by atoms with Crippen LogP contribution in [0.25, 0.3) is 0 Å². The number of rotatable bonds is 11. The van der Waals surface area contributed by atoms with Crippen LogP contribution in [0.5, 0.6) is 0 Å². The predicted molar refractivity (Wildman–Crippen MR) is 82.1 cm³/mol. The maximum Gasteiger partial charge on any atom is 0.0701 e. The highest BCUT2D eigenvalue weighted by molar-refractivity contribution is 4.83. The Morgan fingerprint density at radius 2 is 1.70 bits per heavy atom. The van der Waals surface area contributed by atoms with Crippen LogP contribution in [0, 0.1) is 11.8 Å². The molecule has 0 bridgehead atoms. The third-order valence-corrected chi connectivity index (χ3v) is 4.48. The largest absolute Gasteiger partial charge is 0.382 e. The van der Waals surface area contributed by atoms with Crippen molar-refractivity contribution in [2.24, 2.45) is 11.8 Å². The van der Waals surface area contributed by atoms with E-state index in [0.717, 1.165) is 18.4 Å². The number of hydrogen-bond acceptors (Lipinski definition) is 4. The first kappa shape index (κ1) is 17.9. The average molecular weight is 287 g/mol. The van der Waals surface area contributed by atoms with Gasteiger partial charge in [0, 0.05) is 19.8 Å². The van der Waals surface area contributed by atoms with E-state index < -0.39 is 0 Å². The summed E-state index contributed by atoms with van der Waals surface area (Å²) in [4.78, 5) is 0. The highest BCUT2D eigenvalue weighted by atomic mass is 16.5. The second kappa shape index (κ2) is 11.5. The SMILES string of the molecule is CCC1CCC(NC)C(CCOCCOCCOC)C1. The Hall–Kier alpha value is -0.160. The molecular weight excluding hydrogens is 254 g/mol. The summed E-state index contributed by atoms with van der Waals surface area (Å²) in [5.41, 5.74) is 0. The lowest BCUT2D eigenvalue weighted by Crippen LogP contribution is -2.39. The van der Waals surface area contributed by atoms with Crippen LogP contribution in [0.15, 0.2) is 0 Å². The molecule has 4 nitrogen and oxygen atoms in total. The van der Waals surface area contributed by atoms with Gasteiger partial charge in [-0.05, 0) is 44.6 Å². The second-order valence-electron chi connectivity index (χ2n) is 5.75. The fourth-order valence-corrected chi connectivity index (χ4v) is 3.13. The van der Waals surface area contributed by atoms with Crippen LogP contribution in [0.1, 0.15) is 39.0 Å². The van der Waals surface area contributed by atoms with E-state index in [0.29, 0.717) is 32.5 Å². The van der Waals surface area contributed by atoms with E-state index in [-0.39, 0.29) is 0 Å². The van der Waals surface area contributed by atoms with E-state index in [1.807, 2.05) is 0 Å². The molecule has 0 aliphatic heterocycles. The van der Waals surface area contributed by atoms with Crippen LogP contribution in [0.3, 0.4) is 0 Å². The normalized spacial score (nSPS) is 26.9. The zero-order valence-electron chi connectivity index (χ0n) is 13.5. The zero-order valence-corrected chi connectivity index (χ0v) is 13.5. The molecule has 0 amide bonds. The average Bonchev–Trinajstić information content (AvgIpc) is 2.49. The standard InChI is InChI=1S/C16H33NO3/c1-4-14-5-6-16(17-2)15(13-14)7-8-19-11-12-20-10-9-18-3/h14-17H,4-13H2,1-3H3. The monoisotopic (exact) mass is 287 g/mol. The summed E-state index contributed by atoms with van der Waals surface area (Å²) in [5, 5.41) is 3.48. The van der Waals surface area contributed by atoms with Gasteiger partial charge in [-0.3, -0.25) is 0 Å². The molecule has 1 aliphatic carbocycles. The smallest absolute Gasteiger partial charge is 0.0701 e. The van der Waals surface area contributed by atoms with Gasteiger partial charge in [0.05, 0.1) is 26.4 Å². The van der Waals surface area contributed by atoms with Crippen molar-refractivity contribution in [2.45, 2.75) is 45.1 Å². The summed E-state index contributed by atoms with van der Waals surface area (Å²) in [5.74, 6) is 1.69. The molecule has 0 aromatic carbocycles. The molecule has 3 atom stereocenters. The summed E-state index contributed by atoms with van der Waals surface area (Å²) in [6.45, 7) is 5.84. The molecule has 0 aromatic heterocycles. The van der Waals surface area contributed by atoms with Crippen LogP contribution < -0.4 is 5.32 Å². The van der Waals surface area contributed by atoms with Gasteiger partial charge in [-0.15, -0.1) is 0 Å². The first-order valence-corrected chi connectivity index (χ1v) is 8.13. The Labute approximate surface area is 124 Å². The Balaban J connectivity index is 2.06. The molecule has 20 heavy (non-hydrogen) atoms. The van der Waals surface area contributed by atoms with Gasteiger partial charge >= 0.3 is 0 Å². The number of ether oxygens (including phenoxy) is 3. The fraction of sp³-hybridized carbons (Fsp3) is 1.00. The van der Waals surface area contributed by atoms with Crippen molar-refractivity contribution in [2.75, 3.05) is 47.2 Å². The van der Waals surface area contributed by atoms with Gasteiger partial charge < -0.3 is 19.5 Å². The predicted octanol–water partition coefficient (Wildman–Crippen LogP) is 2.47. The minimum atomic E-state index is 0.655. The van der Waals surface area contributed by atoms with Crippen molar-refractivity contribution in [1.82, 2.24) is 5.32 Å². The van der Waals surface area contributed by atoms with Crippen molar-refractivity contribution in [3.8, 4) is 0 Å². The molecule has 1 fully saturated rings. The molecule has 0 saturated heterocycles. The third kappa shape index (κ3) is 7.02. The third-order valence-electron chi connectivity index (χ3n) is 4.48. The number of hydrogen-bond donors (Lipinski definition) is 1. The maximum absolute atomic E-state index is 5.68. The number of nitrogens with one attached hydrogen (secondary N) is 1. The van der Waals surface area contributed by atoms with Crippen molar-refractivity contribution < 1.29 is 14.2 Å². The van der Waals surface area contributed by atoms with E-state index in [1.54, 1.807) is 7.11 Å². The summed E-state index contributed by atoms with van der Waals surface area (Å²) in [6, 6.07) is 0.680. The van der Waals surface area contributed by atoms with Gasteiger partial charge in [-0.2, -0.15) is 0 Å². The Bertz CT molecular complexity index is 226. The van der Waals surface area contributed by atoms with E-state index in [2.05, 4.69) is 19.3 Å². The van der Waals surface area contributed by atoms with Gasteiger partial charge in [0.25, 0.3) is 0 Å². The molecule has 0 radical (unpaired) electrons. The van der Waals surface area contributed by atoms with Crippen molar-refractivity contribution in [3.63, 3.8) is 0 Å². The van der Waals surface area contributed by atoms with Crippen LogP contribution in [-0.4, -0.2) is 53.2 Å². The molecule has 1 N–H and O–H groups in total. The Morgan fingerprint density at radius 1 is 1.00 bits per heavy atom. The zero-order chi connectivity index (χ0) is 14.6. The Morgan fingerprint density at radius 3 is 2.35 bits per heavy atom. The second-order valence-corrected chi connectivity index (χ2v) is 5.75. The topological polar surface area (TPSA) is 39.7 Å². The molecule has 0 spiro atoms. The molecular formula is C16H33NO3. The van der Waals surface area contributed by atoms with Gasteiger partial charge in [0.2, 0.25) is 0 Å². The lowest BCUT2D eigenvalue weighted by atomic mass is 9.76. The van der Waals surface area contributed by atoms with Crippen LogP contribution in [-0.2, 0) is 14.2 Å². The van der Waals surface area contributed by atoms with Gasteiger partial charge in [0.1, 0.15) is 0 Å². The molecule has 3 unspecified atom stereocenters. The van der Waals surface area contributed by atoms with Crippen LogP contribution in [0.2, 0.25) is 0 Å². The summed E-state index contributed by atoms with van der Waals surface area (Å²) >= 11 is 0. The van der Waals surface area contributed by atoms with Gasteiger partial charge in [0.15, 0.2) is 0 Å². The minimum Gasteiger partial charge on any atom is -0.382 e. The molecule has 4 heteroatoms. The maximum atomic E-state index is 5.68. The molecule has 1 aliphatic rings. The minimum absolute atomic E-state index is 0.655. The molecule has 1 saturated carbocycles. The first-order valence-electron chi connectivity index (χ1n) is 8.13. The highest BCUT2D eigenvalue weighted by Crippen LogP contribution is 2.33. The fourth-order valence-electron chi connectivity index (χ4n) is 3.13. The van der Waals surface area contributed by atoms with E-state index in [1.165, 1.54) is 32.1 Å². The molecule has 1 rings (SSSR count). The lowest BCUT2D eigenvalue weighted by molar-refractivity contribution is 0.0187. The lowest BCUT2D eigenvalue weighted by Gasteiger charge is -2.35. The molecule has 0 heterocycles.